The summed E-state index contributed by atoms with van der Waals surface area (Å²) in [5.41, 5.74) is 3.28. The Kier molecular flexibility index (Phi) is 3.58. The zero-order valence-corrected chi connectivity index (χ0v) is 13.1. The molecule has 3 heteroatoms. The molecule has 1 nitrogen and oxygen atoms in total. The first kappa shape index (κ1) is 12.7. The summed E-state index contributed by atoms with van der Waals surface area (Å²) in [6.07, 6.45) is 1.79. The van der Waals surface area contributed by atoms with Gasteiger partial charge in [-0.15, -0.1) is 0 Å². The first-order chi connectivity index (χ1) is 9.22. The Labute approximate surface area is 128 Å². The molecule has 94 valence electrons. The maximum absolute atomic E-state index is 5.66. The van der Waals surface area contributed by atoms with Gasteiger partial charge < -0.3 is 4.42 Å². The molecule has 0 saturated heterocycles. The SMILES string of the molecule is Brc1cccc(-c2coc(-c3cccc(Br)c3)c2)c1. The van der Waals surface area contributed by atoms with Crippen molar-refractivity contribution in [2.45, 2.75) is 0 Å². The Hall–Kier alpha value is -1.32. The largest absolute Gasteiger partial charge is 0.464 e. The van der Waals surface area contributed by atoms with Gasteiger partial charge in [-0.2, -0.15) is 0 Å². The topological polar surface area (TPSA) is 13.1 Å². The third-order valence-electron chi connectivity index (χ3n) is 2.87. The number of rotatable bonds is 2. The molecule has 0 N–H and O–H groups in total. The molecule has 0 amide bonds. The fourth-order valence-corrected chi connectivity index (χ4v) is 2.75. The van der Waals surface area contributed by atoms with Crippen LogP contribution in [0.4, 0.5) is 0 Å². The second kappa shape index (κ2) is 5.35. The van der Waals surface area contributed by atoms with Gasteiger partial charge >= 0.3 is 0 Å². The zero-order valence-electron chi connectivity index (χ0n) is 9.94. The predicted octanol–water partition coefficient (Wildman–Crippen LogP) is 6.14. The first-order valence-electron chi connectivity index (χ1n) is 5.83. The standard InChI is InChI=1S/C16H10Br2O/c17-14-5-1-3-11(7-14)13-9-16(19-10-13)12-4-2-6-15(18)8-12/h1-10H. The summed E-state index contributed by atoms with van der Waals surface area (Å²) in [5, 5.41) is 0. The van der Waals surface area contributed by atoms with E-state index >= 15 is 0 Å². The Balaban J connectivity index is 2.00. The van der Waals surface area contributed by atoms with E-state index in [1.54, 1.807) is 6.26 Å². The van der Waals surface area contributed by atoms with Crippen molar-refractivity contribution in [3.63, 3.8) is 0 Å². The Bertz CT molecular complexity index is 656. The molecule has 0 bridgehead atoms. The Morgan fingerprint density at radius 3 is 2.00 bits per heavy atom. The van der Waals surface area contributed by atoms with Gasteiger partial charge in [0.05, 0.1) is 6.26 Å². The third-order valence-corrected chi connectivity index (χ3v) is 3.85. The average Bonchev–Trinajstić information content (AvgIpc) is 2.88. The van der Waals surface area contributed by atoms with E-state index < -0.39 is 0 Å². The lowest BCUT2D eigenvalue weighted by Gasteiger charge is -1.97. The number of hydrogen-bond acceptors (Lipinski definition) is 1. The molecule has 2 aromatic carbocycles. The van der Waals surface area contributed by atoms with Crippen LogP contribution in [0.25, 0.3) is 22.5 Å². The lowest BCUT2D eigenvalue weighted by Crippen LogP contribution is -1.74. The van der Waals surface area contributed by atoms with E-state index in [2.05, 4.69) is 50.1 Å². The molecule has 0 saturated carbocycles. The van der Waals surface area contributed by atoms with Crippen LogP contribution >= 0.6 is 31.9 Å². The van der Waals surface area contributed by atoms with Crippen LogP contribution in [0, 0.1) is 0 Å². The summed E-state index contributed by atoms with van der Waals surface area (Å²) in [4.78, 5) is 0. The first-order valence-corrected chi connectivity index (χ1v) is 7.41. The molecule has 1 heterocycles. The van der Waals surface area contributed by atoms with Crippen molar-refractivity contribution in [3.05, 3.63) is 69.8 Å². The molecule has 1 aromatic heterocycles. The summed E-state index contributed by atoms with van der Waals surface area (Å²) in [6.45, 7) is 0. The molecule has 3 rings (SSSR count). The maximum atomic E-state index is 5.66. The Morgan fingerprint density at radius 1 is 0.684 bits per heavy atom. The van der Waals surface area contributed by atoms with Gasteiger partial charge in [0.15, 0.2) is 0 Å². The minimum atomic E-state index is 0.872. The highest BCUT2D eigenvalue weighted by Gasteiger charge is 2.07. The van der Waals surface area contributed by atoms with Crippen LogP contribution in [0.5, 0.6) is 0 Å². The Morgan fingerprint density at radius 2 is 1.32 bits per heavy atom. The van der Waals surface area contributed by atoms with Gasteiger partial charge in [-0.3, -0.25) is 0 Å². The average molecular weight is 378 g/mol. The lowest BCUT2D eigenvalue weighted by molar-refractivity contribution is 0.583. The second-order valence-corrected chi connectivity index (χ2v) is 6.05. The lowest BCUT2D eigenvalue weighted by atomic mass is 10.1. The molecule has 0 unspecified atom stereocenters. The van der Waals surface area contributed by atoms with Crippen LogP contribution in [0.1, 0.15) is 0 Å². The fraction of sp³-hybridized carbons (Fsp3) is 0. The van der Waals surface area contributed by atoms with Crippen LogP contribution in [-0.4, -0.2) is 0 Å². The van der Waals surface area contributed by atoms with Gasteiger partial charge in [-0.1, -0.05) is 56.1 Å². The highest BCUT2D eigenvalue weighted by Crippen LogP contribution is 2.30. The van der Waals surface area contributed by atoms with Crippen LogP contribution in [-0.2, 0) is 0 Å². The molecule has 0 radical (unpaired) electrons. The van der Waals surface area contributed by atoms with Crippen molar-refractivity contribution in [1.29, 1.82) is 0 Å². The maximum Gasteiger partial charge on any atom is 0.134 e. The molecule has 3 aromatic rings. The van der Waals surface area contributed by atoms with Gasteiger partial charge in [-0.05, 0) is 35.9 Å². The van der Waals surface area contributed by atoms with Crippen LogP contribution in [0.15, 0.2) is 74.2 Å². The van der Waals surface area contributed by atoms with Crippen molar-refractivity contribution in [1.82, 2.24) is 0 Å². The third kappa shape index (κ3) is 2.82. The van der Waals surface area contributed by atoms with Gasteiger partial charge in [0.25, 0.3) is 0 Å². The van der Waals surface area contributed by atoms with Crippen LogP contribution in [0.2, 0.25) is 0 Å². The number of hydrogen-bond donors (Lipinski definition) is 0. The number of benzene rings is 2. The summed E-state index contributed by atoms with van der Waals surface area (Å²) < 4.78 is 7.78. The van der Waals surface area contributed by atoms with E-state index in [0.29, 0.717) is 0 Å². The summed E-state index contributed by atoms with van der Waals surface area (Å²) in [6, 6.07) is 18.3. The normalized spacial score (nSPS) is 10.6. The van der Waals surface area contributed by atoms with E-state index in [0.717, 1.165) is 31.4 Å². The summed E-state index contributed by atoms with van der Waals surface area (Å²) >= 11 is 6.96. The number of furan rings is 1. The van der Waals surface area contributed by atoms with Gasteiger partial charge in [0.2, 0.25) is 0 Å². The predicted molar refractivity (Wildman–Crippen MR) is 85.0 cm³/mol. The molecule has 0 aliphatic heterocycles. The minimum Gasteiger partial charge on any atom is -0.464 e. The zero-order chi connectivity index (χ0) is 13.2. The number of halogens is 2. The molecule has 19 heavy (non-hydrogen) atoms. The molecule has 0 aliphatic carbocycles. The smallest absolute Gasteiger partial charge is 0.134 e. The second-order valence-electron chi connectivity index (χ2n) is 4.22. The van der Waals surface area contributed by atoms with E-state index in [1.165, 1.54) is 0 Å². The van der Waals surface area contributed by atoms with E-state index in [1.807, 2.05) is 36.4 Å². The van der Waals surface area contributed by atoms with Gasteiger partial charge in [0, 0.05) is 20.1 Å². The van der Waals surface area contributed by atoms with Crippen LogP contribution < -0.4 is 0 Å². The van der Waals surface area contributed by atoms with E-state index in [-0.39, 0.29) is 0 Å². The molecule has 0 fully saturated rings. The fourth-order valence-electron chi connectivity index (χ4n) is 1.95. The summed E-state index contributed by atoms with van der Waals surface area (Å²) in [7, 11) is 0. The van der Waals surface area contributed by atoms with Gasteiger partial charge in [0.1, 0.15) is 5.76 Å². The summed E-state index contributed by atoms with van der Waals surface area (Å²) in [5.74, 6) is 0.872. The van der Waals surface area contributed by atoms with Crippen LogP contribution in [0.3, 0.4) is 0 Å². The molecular weight excluding hydrogens is 368 g/mol. The van der Waals surface area contributed by atoms with E-state index in [4.69, 9.17) is 4.42 Å². The highest BCUT2D eigenvalue weighted by atomic mass is 79.9. The van der Waals surface area contributed by atoms with Gasteiger partial charge in [-0.25, -0.2) is 0 Å². The molecular formula is C16H10Br2O. The quantitative estimate of drug-likeness (QED) is 0.522. The van der Waals surface area contributed by atoms with Crippen molar-refractivity contribution < 1.29 is 4.42 Å². The highest BCUT2D eigenvalue weighted by molar-refractivity contribution is 9.10. The van der Waals surface area contributed by atoms with Crippen molar-refractivity contribution in [2.24, 2.45) is 0 Å². The molecule has 0 atom stereocenters. The molecule has 0 spiro atoms. The van der Waals surface area contributed by atoms with Crippen molar-refractivity contribution in [2.75, 3.05) is 0 Å². The minimum absolute atomic E-state index is 0.872. The van der Waals surface area contributed by atoms with Crippen molar-refractivity contribution in [3.8, 4) is 22.5 Å². The van der Waals surface area contributed by atoms with Crippen molar-refractivity contribution >= 4 is 31.9 Å². The molecule has 0 aliphatic rings. The monoisotopic (exact) mass is 376 g/mol. The van der Waals surface area contributed by atoms with E-state index in [9.17, 15) is 0 Å².